The highest BCUT2D eigenvalue weighted by Crippen LogP contribution is 2.32. The Hall–Kier alpha value is -4.13. The first-order valence-corrected chi connectivity index (χ1v) is 9.75. The van der Waals surface area contributed by atoms with Crippen molar-refractivity contribution in [2.45, 2.75) is 12.2 Å². The van der Waals surface area contributed by atoms with Crippen molar-refractivity contribution in [3.05, 3.63) is 95.6 Å². The molecule has 0 N–H and O–H groups in total. The Morgan fingerprint density at radius 3 is 1.69 bits per heavy atom. The Morgan fingerprint density at radius 2 is 1.22 bits per heavy atom. The fourth-order valence-electron chi connectivity index (χ4n) is 3.02. The van der Waals surface area contributed by atoms with Crippen molar-refractivity contribution in [2.75, 3.05) is 14.2 Å². The minimum absolute atomic E-state index is 0.105. The van der Waals surface area contributed by atoms with E-state index >= 15 is 0 Å². The molecule has 2 unspecified atom stereocenters. The van der Waals surface area contributed by atoms with Gasteiger partial charge in [0.15, 0.2) is 6.29 Å². The molecule has 0 bridgehead atoms. The Balaban J connectivity index is 1.94. The highest BCUT2D eigenvalue weighted by atomic mass is 16.6. The maximum absolute atomic E-state index is 12.4. The average molecular weight is 434 g/mol. The van der Waals surface area contributed by atoms with Gasteiger partial charge in [-0.25, -0.2) is 9.59 Å². The molecule has 3 aromatic rings. The number of methoxy groups -OCH3 is 2. The lowest BCUT2D eigenvalue weighted by Gasteiger charge is -2.21. The van der Waals surface area contributed by atoms with Gasteiger partial charge in [0.05, 0.1) is 19.8 Å². The van der Waals surface area contributed by atoms with Gasteiger partial charge in [-0.05, 0) is 12.1 Å². The van der Waals surface area contributed by atoms with Gasteiger partial charge in [0.2, 0.25) is 12.2 Å². The highest BCUT2D eigenvalue weighted by molar-refractivity contribution is 5.82. The van der Waals surface area contributed by atoms with Crippen LogP contribution in [-0.4, -0.2) is 32.4 Å². The minimum atomic E-state index is -1.10. The van der Waals surface area contributed by atoms with Gasteiger partial charge in [0.1, 0.15) is 11.5 Å². The lowest BCUT2D eigenvalue weighted by atomic mass is 10.1. The first-order chi connectivity index (χ1) is 15.6. The predicted molar refractivity (Wildman–Crippen MR) is 115 cm³/mol. The number of esters is 2. The summed E-state index contributed by atoms with van der Waals surface area (Å²) in [5.74, 6) is -0.860. The van der Waals surface area contributed by atoms with E-state index in [9.17, 15) is 14.4 Å². The third kappa shape index (κ3) is 5.31. The fourth-order valence-corrected chi connectivity index (χ4v) is 3.02. The van der Waals surface area contributed by atoms with Gasteiger partial charge in [0, 0.05) is 17.2 Å². The van der Waals surface area contributed by atoms with Crippen LogP contribution in [-0.2, 0) is 19.1 Å². The van der Waals surface area contributed by atoms with E-state index in [-0.39, 0.29) is 17.1 Å². The minimum Gasteiger partial charge on any atom is -0.474 e. The smallest absolute Gasteiger partial charge is 0.351 e. The standard InChI is InChI=1S/C25H22O7/c1-29-24(27)22(17-9-5-3-6-10-17)31-20-14-13-19(16-26)21(15-20)32-23(25(28)30-2)18-11-7-4-8-12-18/h3-16,22-23H,1-2H3. The van der Waals surface area contributed by atoms with Crippen LogP contribution >= 0.6 is 0 Å². The number of carbonyl (C=O) groups is 3. The molecular weight excluding hydrogens is 412 g/mol. The fraction of sp³-hybridized carbons (Fsp3) is 0.160. The molecule has 164 valence electrons. The number of carbonyl (C=O) groups excluding carboxylic acids is 3. The molecule has 0 aromatic heterocycles. The summed E-state index contributed by atoms with van der Waals surface area (Å²) < 4.78 is 21.5. The topological polar surface area (TPSA) is 88.1 Å². The molecule has 7 heteroatoms. The number of benzene rings is 3. The molecule has 0 fully saturated rings. The predicted octanol–water partition coefficient (Wildman–Crippen LogP) is 4.09. The van der Waals surface area contributed by atoms with Crippen molar-refractivity contribution in [2.24, 2.45) is 0 Å². The number of aldehydes is 1. The van der Waals surface area contributed by atoms with Crippen LogP contribution in [0.3, 0.4) is 0 Å². The van der Waals surface area contributed by atoms with Crippen LogP contribution in [0.4, 0.5) is 0 Å². The van der Waals surface area contributed by atoms with E-state index in [1.807, 2.05) is 6.07 Å². The molecule has 3 aromatic carbocycles. The van der Waals surface area contributed by atoms with Crippen molar-refractivity contribution < 1.29 is 33.3 Å². The normalized spacial score (nSPS) is 12.2. The van der Waals surface area contributed by atoms with E-state index in [1.54, 1.807) is 54.6 Å². The first-order valence-electron chi connectivity index (χ1n) is 9.75. The first kappa shape index (κ1) is 22.6. The second kappa shape index (κ2) is 10.8. The molecule has 0 radical (unpaired) electrons. The molecule has 0 heterocycles. The largest absolute Gasteiger partial charge is 0.474 e. The molecule has 0 aliphatic heterocycles. The molecule has 3 rings (SSSR count). The van der Waals surface area contributed by atoms with Crippen LogP contribution in [0.1, 0.15) is 33.7 Å². The zero-order chi connectivity index (χ0) is 22.9. The van der Waals surface area contributed by atoms with Gasteiger partial charge >= 0.3 is 11.9 Å². The Morgan fingerprint density at radius 1 is 0.719 bits per heavy atom. The zero-order valence-corrected chi connectivity index (χ0v) is 17.6. The summed E-state index contributed by atoms with van der Waals surface area (Å²) >= 11 is 0. The van der Waals surface area contributed by atoms with E-state index in [0.717, 1.165) is 0 Å². The second-order valence-electron chi connectivity index (χ2n) is 6.68. The summed E-state index contributed by atoms with van der Waals surface area (Å²) in [7, 11) is 2.52. The van der Waals surface area contributed by atoms with Crippen molar-refractivity contribution in [3.8, 4) is 11.5 Å². The van der Waals surface area contributed by atoms with Gasteiger partial charge in [0.25, 0.3) is 0 Å². The summed E-state index contributed by atoms with van der Waals surface area (Å²) in [4.78, 5) is 36.3. The molecule has 0 spiro atoms. The quantitative estimate of drug-likeness (QED) is 0.370. The summed E-state index contributed by atoms with van der Waals surface area (Å²) in [6.07, 6.45) is -1.52. The maximum Gasteiger partial charge on any atom is 0.351 e. The van der Waals surface area contributed by atoms with Gasteiger partial charge in [-0.3, -0.25) is 4.79 Å². The van der Waals surface area contributed by atoms with Crippen LogP contribution in [0.15, 0.2) is 78.9 Å². The zero-order valence-electron chi connectivity index (χ0n) is 17.6. The molecule has 0 amide bonds. The van der Waals surface area contributed by atoms with Crippen molar-refractivity contribution in [3.63, 3.8) is 0 Å². The van der Waals surface area contributed by atoms with E-state index in [4.69, 9.17) is 18.9 Å². The van der Waals surface area contributed by atoms with Crippen LogP contribution in [0, 0.1) is 0 Å². The summed E-state index contributed by atoms with van der Waals surface area (Å²) in [6.45, 7) is 0. The summed E-state index contributed by atoms with van der Waals surface area (Å²) in [5, 5.41) is 0. The van der Waals surface area contributed by atoms with E-state index in [2.05, 4.69) is 0 Å². The number of hydrogen-bond acceptors (Lipinski definition) is 7. The van der Waals surface area contributed by atoms with Gasteiger partial charge < -0.3 is 18.9 Å². The van der Waals surface area contributed by atoms with Crippen LogP contribution in [0.2, 0.25) is 0 Å². The molecule has 0 saturated carbocycles. The highest BCUT2D eigenvalue weighted by Gasteiger charge is 2.26. The lowest BCUT2D eigenvalue weighted by Crippen LogP contribution is -2.21. The monoisotopic (exact) mass is 434 g/mol. The van der Waals surface area contributed by atoms with Crippen molar-refractivity contribution >= 4 is 18.2 Å². The number of ether oxygens (including phenoxy) is 4. The molecular formula is C25H22O7. The van der Waals surface area contributed by atoms with Crippen molar-refractivity contribution in [1.82, 2.24) is 0 Å². The molecule has 0 aliphatic carbocycles. The lowest BCUT2D eigenvalue weighted by molar-refractivity contribution is -0.149. The van der Waals surface area contributed by atoms with Gasteiger partial charge in [-0.1, -0.05) is 60.7 Å². The molecule has 7 nitrogen and oxygen atoms in total. The average Bonchev–Trinajstić information content (AvgIpc) is 2.86. The second-order valence-corrected chi connectivity index (χ2v) is 6.68. The Bertz CT molecular complexity index is 1060. The van der Waals surface area contributed by atoms with E-state index in [1.165, 1.54) is 32.4 Å². The number of hydrogen-bond donors (Lipinski definition) is 0. The maximum atomic E-state index is 12.4. The van der Waals surface area contributed by atoms with Crippen LogP contribution < -0.4 is 9.47 Å². The number of rotatable bonds is 9. The van der Waals surface area contributed by atoms with Crippen molar-refractivity contribution in [1.29, 1.82) is 0 Å². The van der Waals surface area contributed by atoms with Crippen LogP contribution in [0.5, 0.6) is 11.5 Å². The Labute approximate surface area is 185 Å². The van der Waals surface area contributed by atoms with Gasteiger partial charge in [-0.15, -0.1) is 0 Å². The van der Waals surface area contributed by atoms with E-state index < -0.39 is 24.1 Å². The third-order valence-corrected chi connectivity index (χ3v) is 4.65. The van der Waals surface area contributed by atoms with E-state index in [0.29, 0.717) is 17.4 Å². The molecule has 2 atom stereocenters. The summed E-state index contributed by atoms with van der Waals surface area (Å²) in [6, 6.07) is 22.1. The molecule has 0 aliphatic rings. The Kier molecular flexibility index (Phi) is 7.59. The SMILES string of the molecule is COC(=O)C(Oc1ccc(C=O)c(OC(C(=O)OC)c2ccccc2)c1)c1ccccc1. The van der Waals surface area contributed by atoms with Gasteiger partial charge in [-0.2, -0.15) is 0 Å². The molecule has 0 saturated heterocycles. The van der Waals surface area contributed by atoms with Crippen LogP contribution in [0.25, 0.3) is 0 Å². The third-order valence-electron chi connectivity index (χ3n) is 4.65. The molecule has 32 heavy (non-hydrogen) atoms. The summed E-state index contributed by atoms with van der Waals surface area (Å²) in [5.41, 5.74) is 1.36.